The van der Waals surface area contributed by atoms with Crippen LogP contribution in [0.3, 0.4) is 0 Å². The number of hydrogen-bond acceptors (Lipinski definition) is 1. The minimum Gasteiger partial charge on any atom is -0.370 e. The molecule has 0 aliphatic carbocycles. The zero-order valence-corrected chi connectivity index (χ0v) is 9.39. The third-order valence-corrected chi connectivity index (χ3v) is 2.74. The summed E-state index contributed by atoms with van der Waals surface area (Å²) in [7, 11) is 0. The van der Waals surface area contributed by atoms with Crippen molar-refractivity contribution in [3.05, 3.63) is 29.1 Å². The first-order valence-electron chi connectivity index (χ1n) is 5.12. The Balaban J connectivity index is 3.16. The van der Waals surface area contributed by atoms with Crippen LogP contribution in [0.5, 0.6) is 0 Å². The average molecular weight is 195 g/mol. The van der Waals surface area contributed by atoms with Crippen LogP contribution in [0.2, 0.25) is 0 Å². The van der Waals surface area contributed by atoms with Gasteiger partial charge in [-0.1, -0.05) is 6.07 Å². The van der Waals surface area contributed by atoms with Crippen molar-refractivity contribution >= 4 is 5.69 Å². The normalized spacial score (nSPS) is 10.4. The molecule has 0 atom stereocenters. The van der Waals surface area contributed by atoms with Crippen molar-refractivity contribution in [1.29, 1.82) is 0 Å². The molecule has 14 heavy (non-hydrogen) atoms. The summed E-state index contributed by atoms with van der Waals surface area (Å²) in [6, 6.07) is 3.84. The Bertz CT molecular complexity index is 316. The van der Waals surface area contributed by atoms with E-state index in [2.05, 4.69) is 0 Å². The van der Waals surface area contributed by atoms with Crippen LogP contribution in [-0.4, -0.2) is 13.1 Å². The lowest BCUT2D eigenvalue weighted by Crippen LogP contribution is -2.23. The third kappa shape index (κ3) is 1.89. The van der Waals surface area contributed by atoms with E-state index in [0.29, 0.717) is 0 Å². The predicted octanol–water partition coefficient (Wildman–Crippen LogP) is 3.29. The van der Waals surface area contributed by atoms with Gasteiger partial charge in [-0.3, -0.25) is 0 Å². The summed E-state index contributed by atoms with van der Waals surface area (Å²) in [6.45, 7) is 9.53. The molecule has 0 amide bonds. The van der Waals surface area contributed by atoms with E-state index in [9.17, 15) is 4.39 Å². The number of rotatable bonds is 3. The minimum atomic E-state index is -0.0753. The highest BCUT2D eigenvalue weighted by Gasteiger charge is 2.11. The van der Waals surface area contributed by atoms with Crippen molar-refractivity contribution in [2.24, 2.45) is 0 Å². The highest BCUT2D eigenvalue weighted by Crippen LogP contribution is 2.23. The molecule has 0 unspecified atom stereocenters. The van der Waals surface area contributed by atoms with Crippen LogP contribution in [0.4, 0.5) is 10.1 Å². The molecule has 0 aromatic heterocycles. The number of halogens is 1. The largest absolute Gasteiger partial charge is 0.370 e. The fraction of sp³-hybridized carbons (Fsp3) is 0.500. The fourth-order valence-electron chi connectivity index (χ4n) is 1.58. The molecule has 0 heterocycles. The summed E-state index contributed by atoms with van der Waals surface area (Å²) in [5.74, 6) is -0.0753. The molecule has 0 fully saturated rings. The van der Waals surface area contributed by atoms with Gasteiger partial charge in [0, 0.05) is 13.1 Å². The second-order valence-corrected chi connectivity index (χ2v) is 3.51. The molecule has 0 saturated carbocycles. The maximum Gasteiger partial charge on any atom is 0.149 e. The van der Waals surface area contributed by atoms with Crippen LogP contribution >= 0.6 is 0 Å². The highest BCUT2D eigenvalue weighted by atomic mass is 19.1. The Kier molecular flexibility index (Phi) is 3.50. The Labute approximate surface area is 85.5 Å². The summed E-state index contributed by atoms with van der Waals surface area (Å²) < 4.78 is 13.8. The second kappa shape index (κ2) is 4.45. The number of aryl methyl sites for hydroxylation is 1. The quantitative estimate of drug-likeness (QED) is 0.715. The lowest BCUT2D eigenvalue weighted by molar-refractivity contribution is 0.609. The topological polar surface area (TPSA) is 3.24 Å². The monoisotopic (exact) mass is 195 g/mol. The number of anilines is 1. The molecule has 1 nitrogen and oxygen atoms in total. The van der Waals surface area contributed by atoms with Crippen LogP contribution in [0.15, 0.2) is 12.1 Å². The summed E-state index contributed by atoms with van der Waals surface area (Å²) >= 11 is 0. The maximum absolute atomic E-state index is 13.8. The van der Waals surface area contributed by atoms with Crippen molar-refractivity contribution < 1.29 is 4.39 Å². The van der Waals surface area contributed by atoms with Gasteiger partial charge in [0.1, 0.15) is 5.82 Å². The van der Waals surface area contributed by atoms with E-state index in [-0.39, 0.29) is 5.82 Å². The van der Waals surface area contributed by atoms with E-state index in [4.69, 9.17) is 0 Å². The molecule has 2 heteroatoms. The van der Waals surface area contributed by atoms with E-state index in [1.165, 1.54) is 0 Å². The van der Waals surface area contributed by atoms with Crippen molar-refractivity contribution in [1.82, 2.24) is 0 Å². The van der Waals surface area contributed by atoms with Gasteiger partial charge in [-0.2, -0.15) is 0 Å². The molecule has 1 aromatic rings. The lowest BCUT2D eigenvalue weighted by Gasteiger charge is -2.22. The maximum atomic E-state index is 13.8. The van der Waals surface area contributed by atoms with Gasteiger partial charge in [0.2, 0.25) is 0 Å². The zero-order chi connectivity index (χ0) is 10.7. The Morgan fingerprint density at radius 1 is 1.14 bits per heavy atom. The summed E-state index contributed by atoms with van der Waals surface area (Å²) in [5.41, 5.74) is 2.49. The molecule has 0 radical (unpaired) electrons. The number of benzene rings is 1. The smallest absolute Gasteiger partial charge is 0.149 e. The van der Waals surface area contributed by atoms with Crippen LogP contribution in [0.25, 0.3) is 0 Å². The van der Waals surface area contributed by atoms with E-state index in [0.717, 1.165) is 29.9 Å². The Morgan fingerprint density at radius 3 is 2.21 bits per heavy atom. The molecule has 0 aliphatic rings. The summed E-state index contributed by atoms with van der Waals surface area (Å²) in [5, 5.41) is 0. The number of hydrogen-bond donors (Lipinski definition) is 0. The standard InChI is InChI=1S/C12H18FN/c1-5-14(6-2)11-8-7-9(3)10(4)12(11)13/h7-8H,5-6H2,1-4H3. The third-order valence-electron chi connectivity index (χ3n) is 2.74. The summed E-state index contributed by atoms with van der Waals surface area (Å²) in [6.07, 6.45) is 0. The molecule has 78 valence electrons. The van der Waals surface area contributed by atoms with Crippen molar-refractivity contribution in [3.63, 3.8) is 0 Å². The van der Waals surface area contributed by atoms with Gasteiger partial charge in [0.25, 0.3) is 0 Å². The van der Waals surface area contributed by atoms with Gasteiger partial charge in [-0.25, -0.2) is 4.39 Å². The highest BCUT2D eigenvalue weighted by molar-refractivity contribution is 5.52. The van der Waals surface area contributed by atoms with Gasteiger partial charge in [-0.15, -0.1) is 0 Å². The molecular formula is C12H18FN. The van der Waals surface area contributed by atoms with Gasteiger partial charge >= 0.3 is 0 Å². The number of nitrogens with zero attached hydrogens (tertiary/aromatic N) is 1. The molecule has 0 bridgehead atoms. The first kappa shape index (κ1) is 11.0. The predicted molar refractivity (Wildman–Crippen MR) is 59.4 cm³/mol. The molecule has 0 aliphatic heterocycles. The zero-order valence-electron chi connectivity index (χ0n) is 9.39. The average Bonchev–Trinajstić information content (AvgIpc) is 2.19. The minimum absolute atomic E-state index is 0.0753. The van der Waals surface area contributed by atoms with Crippen molar-refractivity contribution in [2.75, 3.05) is 18.0 Å². The van der Waals surface area contributed by atoms with Gasteiger partial charge in [0.15, 0.2) is 0 Å². The lowest BCUT2D eigenvalue weighted by atomic mass is 10.1. The Morgan fingerprint density at radius 2 is 1.71 bits per heavy atom. The van der Waals surface area contributed by atoms with Gasteiger partial charge in [-0.05, 0) is 44.9 Å². The van der Waals surface area contributed by atoms with Crippen LogP contribution < -0.4 is 4.90 Å². The molecule has 0 N–H and O–H groups in total. The molecule has 1 aromatic carbocycles. The van der Waals surface area contributed by atoms with E-state index >= 15 is 0 Å². The molecule has 1 rings (SSSR count). The van der Waals surface area contributed by atoms with Gasteiger partial charge in [0.05, 0.1) is 5.69 Å². The van der Waals surface area contributed by atoms with E-state index in [1.54, 1.807) is 0 Å². The molecule has 0 saturated heterocycles. The van der Waals surface area contributed by atoms with Gasteiger partial charge < -0.3 is 4.90 Å². The Hall–Kier alpha value is -1.05. The van der Waals surface area contributed by atoms with Crippen molar-refractivity contribution in [3.8, 4) is 0 Å². The second-order valence-electron chi connectivity index (χ2n) is 3.51. The molecule has 0 spiro atoms. The van der Waals surface area contributed by atoms with Crippen LogP contribution in [-0.2, 0) is 0 Å². The first-order valence-corrected chi connectivity index (χ1v) is 5.12. The van der Waals surface area contributed by atoms with E-state index < -0.39 is 0 Å². The first-order chi connectivity index (χ1) is 6.61. The SMILES string of the molecule is CCN(CC)c1ccc(C)c(C)c1F. The van der Waals surface area contributed by atoms with E-state index in [1.807, 2.05) is 44.7 Å². The van der Waals surface area contributed by atoms with Crippen LogP contribution in [0, 0.1) is 19.7 Å². The van der Waals surface area contributed by atoms with Crippen LogP contribution in [0.1, 0.15) is 25.0 Å². The fourth-order valence-corrected chi connectivity index (χ4v) is 1.58. The van der Waals surface area contributed by atoms with Crippen molar-refractivity contribution in [2.45, 2.75) is 27.7 Å². The summed E-state index contributed by atoms with van der Waals surface area (Å²) in [4.78, 5) is 2.03. The molecular weight excluding hydrogens is 177 g/mol.